The van der Waals surface area contributed by atoms with Crippen LogP contribution in [0, 0.1) is 0 Å². The highest BCUT2D eigenvalue weighted by atomic mass is 127. The smallest absolute Gasteiger partial charge is 0.195 e. The molecule has 0 radical (unpaired) electrons. The third kappa shape index (κ3) is 10.2. The lowest BCUT2D eigenvalue weighted by atomic mass is 10.2. The van der Waals surface area contributed by atoms with Gasteiger partial charge in [0.15, 0.2) is 5.96 Å². The zero-order valence-electron chi connectivity index (χ0n) is 19.0. The number of nitrogens with one attached hydrogen (secondary N) is 2. The van der Waals surface area contributed by atoms with Gasteiger partial charge in [-0.2, -0.15) is 0 Å². The Labute approximate surface area is 208 Å². The Morgan fingerprint density at radius 2 is 2.16 bits per heavy atom. The van der Waals surface area contributed by atoms with Crippen molar-refractivity contribution in [3.05, 3.63) is 43.0 Å². The summed E-state index contributed by atoms with van der Waals surface area (Å²) in [5, 5.41) is 6.76. The number of rotatable bonds is 12. The fraction of sp³-hybridized carbons (Fsp3) is 0.565. The summed E-state index contributed by atoms with van der Waals surface area (Å²) in [6, 6.07) is 7.92. The maximum atomic E-state index is 5.73. The Kier molecular flexibility index (Phi) is 12.4. The van der Waals surface area contributed by atoms with E-state index in [0.717, 1.165) is 56.4 Å². The second-order valence-electron chi connectivity index (χ2n) is 7.84. The molecular weight excluding hydrogens is 521 g/mol. The van der Waals surface area contributed by atoms with Gasteiger partial charge in [0.1, 0.15) is 5.75 Å². The predicted octanol–water partition coefficient (Wildman–Crippen LogP) is 3.93. The van der Waals surface area contributed by atoms with Crippen LogP contribution < -0.4 is 15.4 Å². The summed E-state index contributed by atoms with van der Waals surface area (Å²) >= 11 is 0. The Balaban J connectivity index is 0.00000363. The molecular formula is C23H36IN5O3. The van der Waals surface area contributed by atoms with E-state index in [2.05, 4.69) is 15.6 Å². The van der Waals surface area contributed by atoms with Crippen molar-refractivity contribution in [2.24, 2.45) is 4.99 Å². The van der Waals surface area contributed by atoms with Crippen LogP contribution in [0.2, 0.25) is 0 Å². The zero-order valence-corrected chi connectivity index (χ0v) is 21.4. The van der Waals surface area contributed by atoms with E-state index < -0.39 is 0 Å². The summed E-state index contributed by atoms with van der Waals surface area (Å²) in [5.74, 6) is 1.60. The van der Waals surface area contributed by atoms with E-state index in [0.29, 0.717) is 19.8 Å². The molecule has 1 aromatic carbocycles. The molecule has 3 rings (SSSR count). The third-order valence-corrected chi connectivity index (χ3v) is 4.75. The van der Waals surface area contributed by atoms with E-state index in [1.807, 2.05) is 55.2 Å². The minimum atomic E-state index is 0. The van der Waals surface area contributed by atoms with E-state index >= 15 is 0 Å². The number of halogens is 1. The molecule has 1 saturated heterocycles. The van der Waals surface area contributed by atoms with Crippen molar-refractivity contribution in [1.82, 2.24) is 14.9 Å². The summed E-state index contributed by atoms with van der Waals surface area (Å²) in [6.45, 7) is 8.51. The van der Waals surface area contributed by atoms with Gasteiger partial charge in [0, 0.05) is 50.9 Å². The van der Waals surface area contributed by atoms with Gasteiger partial charge in [-0.1, -0.05) is 0 Å². The largest absolute Gasteiger partial charge is 0.491 e. The van der Waals surface area contributed by atoms with Gasteiger partial charge in [-0.25, -0.2) is 4.98 Å². The number of ether oxygens (including phenoxy) is 3. The van der Waals surface area contributed by atoms with Crippen LogP contribution in [0.1, 0.15) is 33.1 Å². The molecule has 0 amide bonds. The lowest BCUT2D eigenvalue weighted by Gasteiger charge is -2.14. The quantitative estimate of drug-likeness (QED) is 0.178. The summed E-state index contributed by atoms with van der Waals surface area (Å²) < 4.78 is 19.1. The van der Waals surface area contributed by atoms with Gasteiger partial charge in [-0.3, -0.25) is 4.99 Å². The van der Waals surface area contributed by atoms with Crippen molar-refractivity contribution >= 4 is 35.6 Å². The lowest BCUT2D eigenvalue weighted by Crippen LogP contribution is -2.33. The van der Waals surface area contributed by atoms with Gasteiger partial charge in [0.05, 0.1) is 25.1 Å². The maximum Gasteiger partial charge on any atom is 0.195 e. The van der Waals surface area contributed by atoms with Crippen molar-refractivity contribution in [3.63, 3.8) is 0 Å². The van der Waals surface area contributed by atoms with Gasteiger partial charge < -0.3 is 29.4 Å². The van der Waals surface area contributed by atoms with Crippen LogP contribution in [0.25, 0.3) is 0 Å². The molecule has 0 aliphatic carbocycles. The standard InChI is InChI=1S/C23H35N5O3.HI/c1-19(2)31-21-8-6-20(7-9-21)27-23(26-12-14-28-13-11-24-18-28)25-10-4-15-29-17-22-5-3-16-30-22;/h6-9,11,13,18-19,22H,3-5,10,12,14-17H2,1-2H3,(H2,25,26,27);1H. The van der Waals surface area contributed by atoms with Crippen LogP contribution in [-0.4, -0.2) is 60.6 Å². The SMILES string of the molecule is CC(C)Oc1ccc(NC(=NCCCOCC2CCCO2)NCCn2ccnc2)cc1.I. The third-order valence-electron chi connectivity index (χ3n) is 4.75. The highest BCUT2D eigenvalue weighted by Crippen LogP contribution is 2.17. The molecule has 2 heterocycles. The molecule has 1 fully saturated rings. The highest BCUT2D eigenvalue weighted by molar-refractivity contribution is 14.0. The number of aliphatic imine (C=N–C) groups is 1. The van der Waals surface area contributed by atoms with Crippen LogP contribution in [0.15, 0.2) is 48.0 Å². The van der Waals surface area contributed by atoms with E-state index in [1.54, 1.807) is 6.20 Å². The van der Waals surface area contributed by atoms with E-state index in [4.69, 9.17) is 19.2 Å². The molecule has 1 atom stereocenters. The van der Waals surface area contributed by atoms with E-state index in [9.17, 15) is 0 Å². The molecule has 32 heavy (non-hydrogen) atoms. The van der Waals surface area contributed by atoms with Crippen molar-refractivity contribution in [3.8, 4) is 5.75 Å². The van der Waals surface area contributed by atoms with Crippen LogP contribution >= 0.6 is 24.0 Å². The molecule has 0 spiro atoms. The van der Waals surface area contributed by atoms with E-state index in [-0.39, 0.29) is 36.2 Å². The number of hydrogen-bond donors (Lipinski definition) is 2. The normalized spacial score (nSPS) is 16.1. The first-order valence-electron chi connectivity index (χ1n) is 11.2. The fourth-order valence-corrected chi connectivity index (χ4v) is 3.24. The summed E-state index contributed by atoms with van der Waals surface area (Å²) in [6.07, 6.45) is 9.08. The van der Waals surface area contributed by atoms with Crippen LogP contribution in [0.4, 0.5) is 5.69 Å². The molecule has 1 aromatic heterocycles. The highest BCUT2D eigenvalue weighted by Gasteiger charge is 2.14. The molecule has 0 saturated carbocycles. The van der Waals surface area contributed by atoms with Crippen LogP contribution in [0.3, 0.4) is 0 Å². The van der Waals surface area contributed by atoms with Crippen molar-refractivity contribution in [2.75, 3.05) is 38.2 Å². The predicted molar refractivity (Wildman–Crippen MR) is 138 cm³/mol. The van der Waals surface area contributed by atoms with Gasteiger partial charge >= 0.3 is 0 Å². The number of hydrogen-bond acceptors (Lipinski definition) is 5. The average Bonchev–Trinajstić information content (AvgIpc) is 3.45. The Morgan fingerprint density at radius 3 is 2.84 bits per heavy atom. The van der Waals surface area contributed by atoms with Crippen molar-refractivity contribution in [2.45, 2.75) is 51.9 Å². The monoisotopic (exact) mass is 557 g/mol. The topological polar surface area (TPSA) is 81.9 Å². The number of anilines is 1. The minimum Gasteiger partial charge on any atom is -0.491 e. The average molecular weight is 557 g/mol. The van der Waals surface area contributed by atoms with Crippen molar-refractivity contribution in [1.29, 1.82) is 0 Å². The van der Waals surface area contributed by atoms with Crippen molar-refractivity contribution < 1.29 is 14.2 Å². The molecule has 0 bridgehead atoms. The van der Waals surface area contributed by atoms with Gasteiger partial charge in [0.25, 0.3) is 0 Å². The molecule has 1 aliphatic rings. The second kappa shape index (κ2) is 15.1. The summed E-state index contributed by atoms with van der Waals surface area (Å²) in [4.78, 5) is 8.78. The van der Waals surface area contributed by atoms with Crippen LogP contribution in [-0.2, 0) is 16.0 Å². The Bertz CT molecular complexity index is 762. The number of guanidine groups is 1. The molecule has 1 aliphatic heterocycles. The Morgan fingerprint density at radius 1 is 1.31 bits per heavy atom. The number of imidazole rings is 1. The summed E-state index contributed by atoms with van der Waals surface area (Å²) in [5.41, 5.74) is 0.958. The Hall–Kier alpha value is -1.85. The minimum absolute atomic E-state index is 0. The van der Waals surface area contributed by atoms with Gasteiger partial charge in [-0.15, -0.1) is 24.0 Å². The number of aromatic nitrogens is 2. The molecule has 9 heteroatoms. The molecule has 8 nitrogen and oxygen atoms in total. The molecule has 2 aromatic rings. The molecule has 2 N–H and O–H groups in total. The number of benzene rings is 1. The fourth-order valence-electron chi connectivity index (χ4n) is 3.24. The first-order valence-corrected chi connectivity index (χ1v) is 11.2. The van der Waals surface area contributed by atoms with E-state index in [1.165, 1.54) is 0 Å². The molecule has 1 unspecified atom stereocenters. The lowest BCUT2D eigenvalue weighted by molar-refractivity contribution is 0.0171. The van der Waals surface area contributed by atoms with Gasteiger partial charge in [0.2, 0.25) is 0 Å². The second-order valence-corrected chi connectivity index (χ2v) is 7.84. The zero-order chi connectivity index (χ0) is 21.7. The summed E-state index contributed by atoms with van der Waals surface area (Å²) in [7, 11) is 0. The molecule has 178 valence electrons. The first-order chi connectivity index (χ1) is 15.2. The first kappa shape index (κ1) is 26.4. The maximum absolute atomic E-state index is 5.73. The van der Waals surface area contributed by atoms with Crippen LogP contribution in [0.5, 0.6) is 5.75 Å². The van der Waals surface area contributed by atoms with Gasteiger partial charge in [-0.05, 0) is 57.4 Å². The number of nitrogens with zero attached hydrogens (tertiary/aromatic N) is 3.